The maximum atomic E-state index is 15.2. The first-order valence-electron chi connectivity index (χ1n) is 11.3. The van der Waals surface area contributed by atoms with E-state index < -0.39 is 5.60 Å². The maximum absolute atomic E-state index is 15.2. The highest BCUT2D eigenvalue weighted by molar-refractivity contribution is 9.10. The number of amides is 1. The number of carbonyl (C=O) groups excluding carboxylic acids is 1. The van der Waals surface area contributed by atoms with Crippen molar-refractivity contribution in [2.24, 2.45) is 0 Å². The Bertz CT molecular complexity index is 1170. The minimum Gasteiger partial charge on any atom is -0.444 e. The van der Waals surface area contributed by atoms with Gasteiger partial charge in [0.15, 0.2) is 5.82 Å². The minimum atomic E-state index is -0.550. The van der Waals surface area contributed by atoms with Crippen molar-refractivity contribution < 1.29 is 13.9 Å². The first-order chi connectivity index (χ1) is 16.0. The topological polar surface area (TPSA) is 63.5 Å². The van der Waals surface area contributed by atoms with Crippen molar-refractivity contribution in [3.05, 3.63) is 59.2 Å². The molecule has 7 nitrogen and oxygen atoms in total. The first-order valence-corrected chi connectivity index (χ1v) is 12.0. The van der Waals surface area contributed by atoms with Crippen LogP contribution in [0.3, 0.4) is 0 Å². The summed E-state index contributed by atoms with van der Waals surface area (Å²) in [6, 6.07) is 8.71. The summed E-state index contributed by atoms with van der Waals surface area (Å²) in [5, 5.41) is 4.57. The van der Waals surface area contributed by atoms with Gasteiger partial charge >= 0.3 is 6.09 Å². The van der Waals surface area contributed by atoms with Gasteiger partial charge in [-0.1, -0.05) is 0 Å². The summed E-state index contributed by atoms with van der Waals surface area (Å²) in [5.41, 5.74) is 2.18. The zero-order valence-electron chi connectivity index (χ0n) is 20.0. The number of rotatable bonds is 3. The lowest BCUT2D eigenvalue weighted by atomic mass is 10.1. The SMILES string of the molecule is C[C@@H]1CN(c2ccc(-n3cc(Br)c(-c4ccncc4)n3)c(F)c2)C[C@@H](C)N1C(=O)OC(C)(C)C. The summed E-state index contributed by atoms with van der Waals surface area (Å²) in [6.45, 7) is 10.7. The zero-order chi connectivity index (χ0) is 24.6. The fourth-order valence-electron chi connectivity index (χ4n) is 4.27. The molecular formula is C25H29BrFN5O2. The van der Waals surface area contributed by atoms with Gasteiger partial charge in [0, 0.05) is 42.9 Å². The molecule has 180 valence electrons. The third-order valence-corrected chi connectivity index (χ3v) is 6.27. The number of hydrogen-bond donors (Lipinski definition) is 0. The summed E-state index contributed by atoms with van der Waals surface area (Å²) in [7, 11) is 0. The molecule has 0 saturated carbocycles. The van der Waals surface area contributed by atoms with E-state index >= 15 is 4.39 Å². The van der Waals surface area contributed by atoms with Crippen LogP contribution in [-0.2, 0) is 4.74 Å². The molecule has 1 aromatic carbocycles. The highest BCUT2D eigenvalue weighted by atomic mass is 79.9. The summed E-state index contributed by atoms with van der Waals surface area (Å²) in [6.07, 6.45) is 4.82. The molecule has 34 heavy (non-hydrogen) atoms. The molecule has 0 radical (unpaired) electrons. The van der Waals surface area contributed by atoms with Crippen LogP contribution >= 0.6 is 15.9 Å². The average molecular weight is 530 g/mol. The van der Waals surface area contributed by atoms with Crippen LogP contribution in [0, 0.1) is 5.82 Å². The normalized spacial score (nSPS) is 18.8. The molecule has 0 spiro atoms. The van der Waals surface area contributed by atoms with Crippen molar-refractivity contribution >= 4 is 27.7 Å². The Kier molecular flexibility index (Phi) is 6.66. The molecule has 2 aromatic heterocycles. The van der Waals surface area contributed by atoms with E-state index in [1.54, 1.807) is 29.6 Å². The van der Waals surface area contributed by atoms with Crippen molar-refractivity contribution in [1.29, 1.82) is 0 Å². The number of hydrogen-bond acceptors (Lipinski definition) is 5. The van der Waals surface area contributed by atoms with E-state index in [9.17, 15) is 4.79 Å². The number of halogens is 2. The Morgan fingerprint density at radius 2 is 1.76 bits per heavy atom. The van der Waals surface area contributed by atoms with Gasteiger partial charge in [0.2, 0.25) is 0 Å². The number of piperazine rings is 1. The predicted octanol–water partition coefficient (Wildman–Crippen LogP) is 5.67. The van der Waals surface area contributed by atoms with E-state index in [2.05, 4.69) is 30.9 Å². The van der Waals surface area contributed by atoms with Crippen molar-refractivity contribution in [3.63, 3.8) is 0 Å². The molecule has 0 bridgehead atoms. The number of pyridine rings is 1. The van der Waals surface area contributed by atoms with Crippen LogP contribution in [-0.4, -0.2) is 56.5 Å². The molecule has 1 fully saturated rings. The number of ether oxygens (including phenoxy) is 1. The number of nitrogens with zero attached hydrogens (tertiary/aromatic N) is 5. The maximum Gasteiger partial charge on any atom is 0.410 e. The molecule has 0 aliphatic carbocycles. The smallest absolute Gasteiger partial charge is 0.410 e. The Hall–Kier alpha value is -2.94. The molecule has 4 rings (SSSR count). The van der Waals surface area contributed by atoms with Crippen LogP contribution in [0.4, 0.5) is 14.9 Å². The number of carbonyl (C=O) groups is 1. The van der Waals surface area contributed by atoms with Gasteiger partial charge in [0.25, 0.3) is 0 Å². The van der Waals surface area contributed by atoms with E-state index in [0.29, 0.717) is 24.5 Å². The third-order valence-electron chi connectivity index (χ3n) is 5.69. The van der Waals surface area contributed by atoms with Crippen LogP contribution in [0.25, 0.3) is 16.9 Å². The molecule has 9 heteroatoms. The second kappa shape index (κ2) is 9.37. The van der Waals surface area contributed by atoms with Gasteiger partial charge in [-0.05, 0) is 80.9 Å². The molecule has 3 aromatic rings. The van der Waals surface area contributed by atoms with E-state index in [1.807, 2.05) is 52.8 Å². The number of anilines is 1. The number of benzene rings is 1. The summed E-state index contributed by atoms with van der Waals surface area (Å²) in [4.78, 5) is 20.6. The van der Waals surface area contributed by atoms with Crippen LogP contribution < -0.4 is 4.90 Å². The van der Waals surface area contributed by atoms with Crippen molar-refractivity contribution in [1.82, 2.24) is 19.7 Å². The Morgan fingerprint density at radius 3 is 2.35 bits per heavy atom. The quantitative estimate of drug-likeness (QED) is 0.437. The second-order valence-corrected chi connectivity index (χ2v) is 10.5. The lowest BCUT2D eigenvalue weighted by Crippen LogP contribution is -2.59. The zero-order valence-corrected chi connectivity index (χ0v) is 21.6. The van der Waals surface area contributed by atoms with Gasteiger partial charge in [-0.15, -0.1) is 0 Å². The Morgan fingerprint density at radius 1 is 1.12 bits per heavy atom. The van der Waals surface area contributed by atoms with E-state index in [0.717, 1.165) is 15.7 Å². The summed E-state index contributed by atoms with van der Waals surface area (Å²) < 4.78 is 23.1. The standard InChI is InChI=1S/C25H29BrFN5O2/c1-16-13-30(14-17(2)32(16)24(33)34-25(3,4)5)19-6-7-22(21(27)12-19)31-15-20(26)23(29-31)18-8-10-28-11-9-18/h6-12,15-17H,13-14H2,1-5H3/t16-,17-/m1/s1. The highest BCUT2D eigenvalue weighted by Gasteiger charge is 2.35. The van der Waals surface area contributed by atoms with E-state index in [4.69, 9.17) is 4.74 Å². The van der Waals surface area contributed by atoms with Crippen LogP contribution in [0.2, 0.25) is 0 Å². The van der Waals surface area contributed by atoms with Crippen LogP contribution in [0.5, 0.6) is 0 Å². The largest absolute Gasteiger partial charge is 0.444 e. The molecule has 3 heterocycles. The average Bonchev–Trinajstić information content (AvgIpc) is 3.13. The van der Waals surface area contributed by atoms with Gasteiger partial charge < -0.3 is 9.64 Å². The Balaban J connectivity index is 1.53. The Labute approximate surface area is 207 Å². The number of aromatic nitrogens is 3. The van der Waals surface area contributed by atoms with E-state index in [1.165, 1.54) is 10.7 Å². The second-order valence-electron chi connectivity index (χ2n) is 9.63. The molecule has 0 N–H and O–H groups in total. The van der Waals surface area contributed by atoms with Crippen molar-refractivity contribution in [3.8, 4) is 16.9 Å². The fraction of sp³-hybridized carbons (Fsp3) is 0.400. The molecule has 1 aliphatic heterocycles. The van der Waals surface area contributed by atoms with Gasteiger partial charge in [0.05, 0.1) is 16.6 Å². The summed E-state index contributed by atoms with van der Waals surface area (Å²) >= 11 is 3.52. The summed E-state index contributed by atoms with van der Waals surface area (Å²) in [5.74, 6) is -0.372. The van der Waals surface area contributed by atoms with E-state index in [-0.39, 0.29) is 24.0 Å². The predicted molar refractivity (Wildman–Crippen MR) is 134 cm³/mol. The van der Waals surface area contributed by atoms with Crippen molar-refractivity contribution in [2.75, 3.05) is 18.0 Å². The highest BCUT2D eigenvalue weighted by Crippen LogP contribution is 2.30. The molecule has 0 unspecified atom stereocenters. The molecule has 1 amide bonds. The molecular weight excluding hydrogens is 501 g/mol. The van der Waals surface area contributed by atoms with Gasteiger partial charge in [-0.2, -0.15) is 5.10 Å². The van der Waals surface area contributed by atoms with Gasteiger partial charge in [0.1, 0.15) is 17.0 Å². The first kappa shape index (κ1) is 24.2. The van der Waals surface area contributed by atoms with Gasteiger partial charge in [-0.25, -0.2) is 13.9 Å². The lowest BCUT2D eigenvalue weighted by Gasteiger charge is -2.45. The fourth-order valence-corrected chi connectivity index (χ4v) is 4.77. The molecule has 2 atom stereocenters. The monoisotopic (exact) mass is 529 g/mol. The lowest BCUT2D eigenvalue weighted by molar-refractivity contribution is 0.00565. The molecule has 1 saturated heterocycles. The minimum absolute atomic E-state index is 0.0775. The molecule has 1 aliphatic rings. The van der Waals surface area contributed by atoms with Crippen LogP contribution in [0.1, 0.15) is 34.6 Å². The van der Waals surface area contributed by atoms with Crippen LogP contribution in [0.15, 0.2) is 53.4 Å². The third kappa shape index (κ3) is 5.09. The van der Waals surface area contributed by atoms with Gasteiger partial charge in [-0.3, -0.25) is 9.88 Å². The van der Waals surface area contributed by atoms with Crippen molar-refractivity contribution in [2.45, 2.75) is 52.3 Å².